The van der Waals surface area contributed by atoms with Gasteiger partial charge in [0.25, 0.3) is 0 Å². The van der Waals surface area contributed by atoms with Crippen molar-refractivity contribution in [2.24, 2.45) is 5.10 Å². The van der Waals surface area contributed by atoms with Gasteiger partial charge in [-0.3, -0.25) is 4.79 Å². The van der Waals surface area contributed by atoms with Crippen molar-refractivity contribution >= 4 is 28.0 Å². The highest BCUT2D eigenvalue weighted by Crippen LogP contribution is 2.21. The Morgan fingerprint density at radius 1 is 0.950 bits per heavy atom. The Kier molecular flexibility index (Phi) is 5.10. The zero-order valence-corrected chi connectivity index (χ0v) is 15.7. The summed E-state index contributed by atoms with van der Waals surface area (Å²) in [6, 6.07) is 9.75. The molecular weight excluding hydrogens is 280 g/mol. The molecule has 0 aliphatic heterocycles. The molecule has 0 amide bonds. The Bertz CT molecular complexity index is 485. The van der Waals surface area contributed by atoms with E-state index >= 15 is 0 Å². The average Bonchev–Trinajstić information content (AvgIpc) is 2.26. The van der Waals surface area contributed by atoms with Gasteiger partial charge in [-0.25, -0.2) is 0 Å². The van der Waals surface area contributed by atoms with Crippen LogP contribution >= 0.6 is 0 Å². The molecule has 0 aliphatic carbocycles. The second-order valence-electron chi connectivity index (χ2n) is 7.02. The summed E-state index contributed by atoms with van der Waals surface area (Å²) in [5.41, 5.74) is 1.48. The fraction of sp³-hybridized carbons (Fsp3) is 0.467. The monoisotopic (exact) mass is 306 g/mol. The van der Waals surface area contributed by atoms with Gasteiger partial charge in [0.2, 0.25) is 0 Å². The number of nitrogens with zero attached hydrogens (tertiary/aromatic N) is 2. The van der Waals surface area contributed by atoms with E-state index in [1.807, 2.05) is 30.3 Å². The maximum absolute atomic E-state index is 12.0. The minimum absolute atomic E-state index is 0.0256. The Labute approximate surface area is 124 Å². The summed E-state index contributed by atoms with van der Waals surface area (Å²) in [7, 11) is -3.22. The van der Waals surface area contributed by atoms with Crippen LogP contribution in [0.2, 0.25) is 39.3 Å². The van der Waals surface area contributed by atoms with Gasteiger partial charge < -0.3 is 4.34 Å². The maximum Gasteiger partial charge on any atom is 0.180 e. The zero-order chi connectivity index (χ0) is 15.6. The first-order valence-corrected chi connectivity index (χ1v) is 13.9. The van der Waals surface area contributed by atoms with Crippen LogP contribution in [-0.2, 0) is 4.79 Å². The lowest BCUT2D eigenvalue weighted by Crippen LogP contribution is -2.56. The molecule has 0 heterocycles. The number of ketones is 1. The molecule has 5 heteroatoms. The summed E-state index contributed by atoms with van der Waals surface area (Å²) in [4.78, 5) is 12.0. The molecule has 3 nitrogen and oxygen atoms in total. The van der Waals surface area contributed by atoms with E-state index in [4.69, 9.17) is 5.10 Å². The molecule has 0 aliphatic rings. The van der Waals surface area contributed by atoms with Gasteiger partial charge in [-0.1, -0.05) is 69.6 Å². The normalized spacial score (nSPS) is 13.2. The molecule has 0 atom stereocenters. The molecule has 0 spiro atoms. The zero-order valence-electron chi connectivity index (χ0n) is 13.7. The smallest absolute Gasteiger partial charge is 0.180 e. The molecule has 0 bridgehead atoms. The summed E-state index contributed by atoms with van der Waals surface area (Å²) in [6.45, 7) is 15.2. The lowest BCUT2D eigenvalue weighted by Gasteiger charge is -2.41. The molecule has 110 valence electrons. The molecule has 0 aromatic heterocycles. The first-order valence-electron chi connectivity index (χ1n) is 6.99. The Morgan fingerprint density at radius 3 is 1.75 bits per heavy atom. The molecule has 1 rings (SSSR count). The lowest BCUT2D eigenvalue weighted by atomic mass is 10.1. The number of carbonyl (C=O) groups is 1. The topological polar surface area (TPSA) is 32.7 Å². The van der Waals surface area contributed by atoms with Crippen molar-refractivity contribution in [3.05, 3.63) is 35.9 Å². The highest BCUT2D eigenvalue weighted by atomic mass is 28.4. The van der Waals surface area contributed by atoms with Crippen LogP contribution in [0.1, 0.15) is 12.5 Å². The fourth-order valence-electron chi connectivity index (χ4n) is 2.33. The predicted molar refractivity (Wildman–Crippen MR) is 92.2 cm³/mol. The maximum atomic E-state index is 12.0. The van der Waals surface area contributed by atoms with Crippen LogP contribution in [-0.4, -0.2) is 32.3 Å². The minimum Gasteiger partial charge on any atom is -0.349 e. The van der Waals surface area contributed by atoms with Crippen LogP contribution in [0.25, 0.3) is 0 Å². The van der Waals surface area contributed by atoms with Gasteiger partial charge in [0.1, 0.15) is 5.71 Å². The largest absolute Gasteiger partial charge is 0.349 e. The minimum atomic E-state index is -1.61. The number of benzene rings is 1. The average molecular weight is 307 g/mol. The van der Waals surface area contributed by atoms with Crippen LogP contribution in [0.4, 0.5) is 0 Å². The highest BCUT2D eigenvalue weighted by Gasteiger charge is 2.34. The van der Waals surface area contributed by atoms with Gasteiger partial charge in [0, 0.05) is 12.5 Å². The summed E-state index contributed by atoms with van der Waals surface area (Å²) >= 11 is 0. The first-order chi connectivity index (χ1) is 9.03. The van der Waals surface area contributed by atoms with Crippen LogP contribution in [0, 0.1) is 0 Å². The van der Waals surface area contributed by atoms with Crippen molar-refractivity contribution in [1.29, 1.82) is 0 Å². The van der Waals surface area contributed by atoms with Gasteiger partial charge >= 0.3 is 0 Å². The van der Waals surface area contributed by atoms with E-state index in [9.17, 15) is 4.79 Å². The summed E-state index contributed by atoms with van der Waals surface area (Å²) < 4.78 is 2.28. The standard InChI is InChI=1S/C15H26N2OSi2/c1-13(18)15(14-11-9-8-10-12-14)16-17(19(2,3)4)20(5,6)7/h8-12H,1-7H3. The van der Waals surface area contributed by atoms with Gasteiger partial charge in [0.15, 0.2) is 22.3 Å². The second kappa shape index (κ2) is 6.05. The Hall–Kier alpha value is -1.21. The van der Waals surface area contributed by atoms with Crippen LogP contribution in [0.5, 0.6) is 0 Å². The summed E-state index contributed by atoms with van der Waals surface area (Å²) in [5.74, 6) is 0.0256. The number of hydrogen-bond donors (Lipinski definition) is 0. The molecule has 1 aromatic carbocycles. The summed E-state index contributed by atoms with van der Waals surface area (Å²) in [6.07, 6.45) is 0. The molecule has 0 N–H and O–H groups in total. The number of Topliss-reactive ketones (excluding diaryl/α,β-unsaturated/α-hetero) is 1. The third kappa shape index (κ3) is 4.42. The molecular formula is C15H26N2OSi2. The van der Waals surface area contributed by atoms with Crippen LogP contribution < -0.4 is 0 Å². The van der Waals surface area contributed by atoms with Gasteiger partial charge in [-0.2, -0.15) is 5.10 Å². The number of hydrazone groups is 1. The van der Waals surface area contributed by atoms with Gasteiger partial charge in [-0.05, 0) is 0 Å². The second-order valence-corrected chi connectivity index (χ2v) is 17.0. The number of carbonyl (C=O) groups excluding carboxylic acids is 1. The van der Waals surface area contributed by atoms with Crippen molar-refractivity contribution < 1.29 is 4.79 Å². The van der Waals surface area contributed by atoms with E-state index in [2.05, 4.69) is 43.6 Å². The van der Waals surface area contributed by atoms with Crippen LogP contribution in [0.3, 0.4) is 0 Å². The van der Waals surface area contributed by atoms with E-state index in [1.165, 1.54) is 0 Å². The first kappa shape index (κ1) is 16.8. The fourth-order valence-corrected chi connectivity index (χ4v) is 11.2. The molecule has 0 saturated carbocycles. The Balaban J connectivity index is 3.35. The van der Waals surface area contributed by atoms with E-state index in [-0.39, 0.29) is 5.78 Å². The van der Waals surface area contributed by atoms with Crippen molar-refractivity contribution in [2.75, 3.05) is 0 Å². The Morgan fingerprint density at radius 2 is 1.40 bits per heavy atom. The molecule has 0 fully saturated rings. The SMILES string of the molecule is CC(=O)C(=NN([Si](C)(C)C)[Si](C)(C)C)c1ccccc1. The van der Waals surface area contributed by atoms with Gasteiger partial charge in [0.05, 0.1) is 0 Å². The molecule has 0 unspecified atom stereocenters. The highest BCUT2D eigenvalue weighted by molar-refractivity contribution is 6.89. The van der Waals surface area contributed by atoms with Crippen molar-refractivity contribution in [2.45, 2.75) is 46.2 Å². The van der Waals surface area contributed by atoms with Gasteiger partial charge in [-0.15, -0.1) is 0 Å². The van der Waals surface area contributed by atoms with Crippen molar-refractivity contribution in [3.8, 4) is 0 Å². The molecule has 20 heavy (non-hydrogen) atoms. The summed E-state index contributed by atoms with van der Waals surface area (Å²) in [5, 5.41) is 4.81. The quantitative estimate of drug-likeness (QED) is 0.469. The van der Waals surface area contributed by atoms with E-state index in [0.717, 1.165) is 5.56 Å². The van der Waals surface area contributed by atoms with Crippen molar-refractivity contribution in [3.63, 3.8) is 0 Å². The molecule has 0 radical (unpaired) electrons. The number of hydrogen-bond acceptors (Lipinski definition) is 3. The van der Waals surface area contributed by atoms with E-state index in [0.29, 0.717) is 5.71 Å². The molecule has 1 aromatic rings. The number of rotatable bonds is 5. The van der Waals surface area contributed by atoms with Crippen LogP contribution in [0.15, 0.2) is 35.4 Å². The van der Waals surface area contributed by atoms with E-state index in [1.54, 1.807) is 6.92 Å². The third-order valence-electron chi connectivity index (χ3n) is 2.85. The predicted octanol–water partition coefficient (Wildman–Crippen LogP) is 3.95. The lowest BCUT2D eigenvalue weighted by molar-refractivity contribution is -0.111. The molecule has 0 saturated heterocycles. The third-order valence-corrected chi connectivity index (χ3v) is 9.62. The van der Waals surface area contributed by atoms with Crippen molar-refractivity contribution in [1.82, 2.24) is 4.34 Å². The van der Waals surface area contributed by atoms with E-state index < -0.39 is 16.5 Å².